The minimum atomic E-state index is -0.428. The van der Waals surface area contributed by atoms with E-state index >= 15 is 0 Å². The first-order chi connectivity index (χ1) is 6.69. The predicted molar refractivity (Wildman–Crippen MR) is 59.3 cm³/mol. The van der Waals surface area contributed by atoms with E-state index in [1.54, 1.807) is 17.8 Å². The Labute approximate surface area is 87.9 Å². The summed E-state index contributed by atoms with van der Waals surface area (Å²) in [4.78, 5) is 12.1. The van der Waals surface area contributed by atoms with Gasteiger partial charge in [0.2, 0.25) is 5.91 Å². The van der Waals surface area contributed by atoms with Crippen LogP contribution in [0.5, 0.6) is 0 Å². The summed E-state index contributed by atoms with van der Waals surface area (Å²) in [5.74, 6) is 2.09. The minimum Gasteiger partial charge on any atom is -0.366 e. The zero-order valence-corrected chi connectivity index (χ0v) is 8.73. The second kappa shape index (κ2) is 4.73. The molecule has 72 valence electrons. The van der Waals surface area contributed by atoms with Crippen molar-refractivity contribution >= 4 is 17.7 Å². The topological polar surface area (TPSA) is 43.1 Å². The quantitative estimate of drug-likeness (QED) is 0.602. The number of amides is 1. The molecule has 14 heavy (non-hydrogen) atoms. The molecule has 0 aliphatic rings. The maximum absolute atomic E-state index is 11.0. The fourth-order valence-electron chi connectivity index (χ4n) is 1.19. The number of terminal acetylenes is 1. The van der Waals surface area contributed by atoms with Gasteiger partial charge >= 0.3 is 0 Å². The van der Waals surface area contributed by atoms with E-state index in [0.717, 1.165) is 10.5 Å². The standard InChI is InChI=1S/C11H11NOS/c1-3-4-8-7-9(14-2)5-6-10(8)11(12)13/h1,5-7H,4H2,2H3,(H2,12,13). The molecule has 0 bridgehead atoms. The number of thioether (sulfide) groups is 1. The Morgan fingerprint density at radius 3 is 2.86 bits per heavy atom. The number of hydrogen-bond donors (Lipinski definition) is 1. The third-order valence-electron chi connectivity index (χ3n) is 1.87. The van der Waals surface area contributed by atoms with Crippen LogP contribution >= 0.6 is 11.8 Å². The Balaban J connectivity index is 3.18. The Morgan fingerprint density at radius 1 is 1.64 bits per heavy atom. The molecule has 0 saturated heterocycles. The number of hydrogen-bond acceptors (Lipinski definition) is 2. The van der Waals surface area contributed by atoms with Gasteiger partial charge in [0.15, 0.2) is 0 Å². The molecule has 0 spiro atoms. The zero-order chi connectivity index (χ0) is 10.6. The second-order valence-electron chi connectivity index (χ2n) is 2.77. The summed E-state index contributed by atoms with van der Waals surface area (Å²) >= 11 is 1.61. The highest BCUT2D eigenvalue weighted by Gasteiger charge is 2.07. The van der Waals surface area contributed by atoms with Gasteiger partial charge in [-0.25, -0.2) is 0 Å². The summed E-state index contributed by atoms with van der Waals surface area (Å²) in [6.45, 7) is 0. The van der Waals surface area contributed by atoms with Gasteiger partial charge in [-0.05, 0) is 30.0 Å². The lowest BCUT2D eigenvalue weighted by Gasteiger charge is -2.05. The third-order valence-corrected chi connectivity index (χ3v) is 2.60. The Hall–Kier alpha value is -1.40. The number of nitrogens with two attached hydrogens (primary N) is 1. The van der Waals surface area contributed by atoms with E-state index in [1.807, 2.05) is 18.4 Å². The van der Waals surface area contributed by atoms with Crippen LogP contribution in [0.25, 0.3) is 0 Å². The first-order valence-electron chi connectivity index (χ1n) is 4.09. The maximum Gasteiger partial charge on any atom is 0.249 e. The van der Waals surface area contributed by atoms with Crippen LogP contribution in [0.1, 0.15) is 15.9 Å². The van der Waals surface area contributed by atoms with Crippen molar-refractivity contribution in [2.75, 3.05) is 6.26 Å². The number of primary amides is 1. The average molecular weight is 205 g/mol. The molecule has 3 heteroatoms. The van der Waals surface area contributed by atoms with E-state index < -0.39 is 5.91 Å². The van der Waals surface area contributed by atoms with E-state index in [1.165, 1.54) is 0 Å². The highest BCUT2D eigenvalue weighted by atomic mass is 32.2. The van der Waals surface area contributed by atoms with Gasteiger partial charge in [0.1, 0.15) is 0 Å². The molecular formula is C11H11NOS. The van der Waals surface area contributed by atoms with Crippen molar-refractivity contribution in [3.05, 3.63) is 29.3 Å². The van der Waals surface area contributed by atoms with Gasteiger partial charge in [0.05, 0.1) is 0 Å². The smallest absolute Gasteiger partial charge is 0.249 e. The lowest BCUT2D eigenvalue weighted by molar-refractivity contribution is 0.0999. The van der Waals surface area contributed by atoms with Gasteiger partial charge in [0, 0.05) is 16.9 Å². The fourth-order valence-corrected chi connectivity index (χ4v) is 1.66. The lowest BCUT2D eigenvalue weighted by atomic mass is 10.0. The predicted octanol–water partition coefficient (Wildman–Crippen LogP) is 1.68. The van der Waals surface area contributed by atoms with Gasteiger partial charge in [0.25, 0.3) is 0 Å². The van der Waals surface area contributed by atoms with Crippen molar-refractivity contribution < 1.29 is 4.79 Å². The molecule has 0 radical (unpaired) electrons. The first-order valence-corrected chi connectivity index (χ1v) is 5.31. The molecule has 0 saturated carbocycles. The first kappa shape index (κ1) is 10.7. The SMILES string of the molecule is C#CCc1cc(SC)ccc1C(N)=O. The highest BCUT2D eigenvalue weighted by molar-refractivity contribution is 7.98. The highest BCUT2D eigenvalue weighted by Crippen LogP contribution is 2.19. The average Bonchev–Trinajstić information content (AvgIpc) is 2.17. The van der Waals surface area contributed by atoms with E-state index in [4.69, 9.17) is 12.2 Å². The fraction of sp³-hybridized carbons (Fsp3) is 0.182. The van der Waals surface area contributed by atoms with Crippen LogP contribution in [0.2, 0.25) is 0 Å². The summed E-state index contributed by atoms with van der Waals surface area (Å²) in [5.41, 5.74) is 6.56. The number of benzene rings is 1. The van der Waals surface area contributed by atoms with Crippen molar-refractivity contribution in [3.63, 3.8) is 0 Å². The Kier molecular flexibility index (Phi) is 3.61. The minimum absolute atomic E-state index is 0.428. The van der Waals surface area contributed by atoms with Crippen molar-refractivity contribution in [1.82, 2.24) is 0 Å². The molecule has 0 atom stereocenters. The van der Waals surface area contributed by atoms with Gasteiger partial charge < -0.3 is 5.73 Å². The number of carbonyl (C=O) groups is 1. The largest absolute Gasteiger partial charge is 0.366 e. The summed E-state index contributed by atoms with van der Waals surface area (Å²) in [6, 6.07) is 5.50. The van der Waals surface area contributed by atoms with Crippen molar-refractivity contribution in [3.8, 4) is 12.3 Å². The molecule has 1 rings (SSSR count). The Morgan fingerprint density at radius 2 is 2.36 bits per heavy atom. The van der Waals surface area contributed by atoms with Crippen molar-refractivity contribution in [2.24, 2.45) is 5.73 Å². The van der Waals surface area contributed by atoms with Crippen LogP contribution in [0.15, 0.2) is 23.1 Å². The summed E-state index contributed by atoms with van der Waals surface area (Å²) in [6.07, 6.45) is 7.62. The van der Waals surface area contributed by atoms with Gasteiger partial charge in [-0.3, -0.25) is 4.79 Å². The molecule has 0 heterocycles. The van der Waals surface area contributed by atoms with Crippen LogP contribution in [0.4, 0.5) is 0 Å². The lowest BCUT2D eigenvalue weighted by Crippen LogP contribution is -2.13. The van der Waals surface area contributed by atoms with Crippen LogP contribution in [-0.2, 0) is 6.42 Å². The Bertz CT molecular complexity index is 393. The van der Waals surface area contributed by atoms with E-state index in [9.17, 15) is 4.79 Å². The molecule has 2 nitrogen and oxygen atoms in total. The molecule has 0 aliphatic carbocycles. The monoisotopic (exact) mass is 205 g/mol. The summed E-state index contributed by atoms with van der Waals surface area (Å²) in [7, 11) is 0. The second-order valence-corrected chi connectivity index (χ2v) is 3.65. The van der Waals surface area contributed by atoms with E-state index in [0.29, 0.717) is 12.0 Å². The molecule has 0 aliphatic heterocycles. The van der Waals surface area contributed by atoms with Crippen molar-refractivity contribution in [1.29, 1.82) is 0 Å². The zero-order valence-electron chi connectivity index (χ0n) is 7.91. The number of rotatable bonds is 3. The molecule has 1 aromatic carbocycles. The number of carbonyl (C=O) groups excluding carboxylic acids is 1. The van der Waals surface area contributed by atoms with Gasteiger partial charge in [-0.1, -0.05) is 0 Å². The normalized spacial score (nSPS) is 9.43. The van der Waals surface area contributed by atoms with Gasteiger partial charge in [-0.2, -0.15) is 0 Å². The van der Waals surface area contributed by atoms with Crippen LogP contribution in [0, 0.1) is 12.3 Å². The molecule has 0 aromatic heterocycles. The third kappa shape index (κ3) is 2.30. The van der Waals surface area contributed by atoms with Crippen LogP contribution < -0.4 is 5.73 Å². The molecule has 1 aromatic rings. The molecule has 2 N–H and O–H groups in total. The van der Waals surface area contributed by atoms with Crippen LogP contribution in [-0.4, -0.2) is 12.2 Å². The molecule has 1 amide bonds. The maximum atomic E-state index is 11.0. The summed E-state index contributed by atoms with van der Waals surface area (Å²) < 4.78 is 0. The van der Waals surface area contributed by atoms with Crippen molar-refractivity contribution in [2.45, 2.75) is 11.3 Å². The molecule has 0 unspecified atom stereocenters. The molecular weight excluding hydrogens is 194 g/mol. The van der Waals surface area contributed by atoms with Gasteiger partial charge in [-0.15, -0.1) is 24.1 Å². The van der Waals surface area contributed by atoms with E-state index in [2.05, 4.69) is 5.92 Å². The van der Waals surface area contributed by atoms with Crippen LogP contribution in [0.3, 0.4) is 0 Å². The summed E-state index contributed by atoms with van der Waals surface area (Å²) in [5, 5.41) is 0. The van der Waals surface area contributed by atoms with E-state index in [-0.39, 0.29) is 0 Å². The molecule has 0 fully saturated rings.